The van der Waals surface area contributed by atoms with Crippen LogP contribution in [0.15, 0.2) is 32.6 Å². The van der Waals surface area contributed by atoms with E-state index in [1.54, 1.807) is 37.4 Å². The number of aryl methyl sites for hydroxylation is 3. The van der Waals surface area contributed by atoms with E-state index in [1.165, 1.54) is 11.3 Å². The van der Waals surface area contributed by atoms with Gasteiger partial charge in [-0.15, -0.1) is 11.3 Å². The molecule has 1 aromatic carbocycles. The first-order chi connectivity index (χ1) is 16.3. The second-order valence-corrected chi connectivity index (χ2v) is 8.91. The second kappa shape index (κ2) is 9.84. The van der Waals surface area contributed by atoms with Gasteiger partial charge in [0, 0.05) is 10.9 Å². The van der Waals surface area contributed by atoms with E-state index in [1.807, 2.05) is 6.92 Å². The first-order valence-corrected chi connectivity index (χ1v) is 11.4. The summed E-state index contributed by atoms with van der Waals surface area (Å²) < 4.78 is 15.6. The van der Waals surface area contributed by atoms with E-state index in [0.29, 0.717) is 49.6 Å². The Kier molecular flexibility index (Phi) is 6.87. The van der Waals surface area contributed by atoms with Crippen molar-refractivity contribution in [1.29, 1.82) is 0 Å². The van der Waals surface area contributed by atoms with Crippen LogP contribution in [0.2, 0.25) is 10.0 Å². The Bertz CT molecular complexity index is 1360. The number of ether oxygens (including phenoxy) is 1. The van der Waals surface area contributed by atoms with Gasteiger partial charge in [0.05, 0.1) is 31.9 Å². The van der Waals surface area contributed by atoms with Gasteiger partial charge >= 0.3 is 6.09 Å². The van der Waals surface area contributed by atoms with Crippen molar-refractivity contribution in [3.05, 3.63) is 61.4 Å². The predicted octanol–water partition coefficient (Wildman–Crippen LogP) is 5.26. The fourth-order valence-corrected chi connectivity index (χ4v) is 4.31. The minimum Gasteiger partial charge on any atom is -0.443 e. The van der Waals surface area contributed by atoms with Crippen molar-refractivity contribution >= 4 is 46.5 Å². The highest BCUT2D eigenvalue weighted by atomic mass is 35.5. The third kappa shape index (κ3) is 4.76. The Hall–Kier alpha value is -3.41. The van der Waals surface area contributed by atoms with Crippen LogP contribution in [0.1, 0.15) is 32.6 Å². The van der Waals surface area contributed by atoms with Gasteiger partial charge in [-0.2, -0.15) is 0 Å². The molecular weight excluding hydrogens is 505 g/mol. The number of carbonyl (C=O) groups excluding carboxylic acids is 2. The third-order valence-corrected chi connectivity index (χ3v) is 6.17. The molecule has 3 heterocycles. The maximum Gasteiger partial charge on any atom is 0.426 e. The summed E-state index contributed by atoms with van der Waals surface area (Å²) in [7, 11) is 0. The average molecular weight is 522 g/mol. The van der Waals surface area contributed by atoms with Gasteiger partial charge in [-0.05, 0) is 32.9 Å². The highest BCUT2D eigenvalue weighted by molar-refractivity contribution is 7.09. The number of thiazole rings is 1. The molecule has 176 valence electrons. The normalized spacial score (nSPS) is 10.9. The molecule has 2 amide bonds. The number of carbonyl (C=O) groups is 2. The molecule has 0 radical (unpaired) electrons. The van der Waals surface area contributed by atoms with Crippen LogP contribution in [-0.2, 0) is 11.3 Å². The summed E-state index contributed by atoms with van der Waals surface area (Å²) in [5.41, 5.74) is 6.69. The SMILES string of the molecule is Cc1nc(-c2c(C(=O)NNC(=O)OCc3c(-c4c(Cl)cccc4Cl)noc3C)noc2C)cs1. The Balaban J connectivity index is 1.41. The fourth-order valence-electron chi connectivity index (χ4n) is 3.13. The molecule has 0 aliphatic heterocycles. The number of nitrogens with zero attached hydrogens (tertiary/aromatic N) is 3. The lowest BCUT2D eigenvalue weighted by molar-refractivity contribution is 0.0896. The lowest BCUT2D eigenvalue weighted by Crippen LogP contribution is -2.42. The molecule has 10 nitrogen and oxygen atoms in total. The summed E-state index contributed by atoms with van der Waals surface area (Å²) in [4.78, 5) is 29.2. The van der Waals surface area contributed by atoms with Crippen molar-refractivity contribution in [2.45, 2.75) is 27.4 Å². The molecule has 13 heteroatoms. The van der Waals surface area contributed by atoms with Gasteiger partial charge in [0.1, 0.15) is 23.8 Å². The van der Waals surface area contributed by atoms with Crippen LogP contribution in [0, 0.1) is 20.8 Å². The van der Waals surface area contributed by atoms with E-state index in [0.717, 1.165) is 5.01 Å². The Labute approximate surface area is 207 Å². The Morgan fingerprint density at radius 1 is 1.03 bits per heavy atom. The highest BCUT2D eigenvalue weighted by Gasteiger charge is 2.24. The van der Waals surface area contributed by atoms with Gasteiger partial charge in [-0.1, -0.05) is 39.6 Å². The molecule has 0 saturated carbocycles. The summed E-state index contributed by atoms with van der Waals surface area (Å²) in [5, 5.41) is 11.1. The summed E-state index contributed by atoms with van der Waals surface area (Å²) in [6, 6.07) is 5.02. The van der Waals surface area contributed by atoms with Crippen molar-refractivity contribution in [3.63, 3.8) is 0 Å². The van der Waals surface area contributed by atoms with Crippen LogP contribution in [0.3, 0.4) is 0 Å². The Morgan fingerprint density at radius 3 is 2.41 bits per heavy atom. The van der Waals surface area contributed by atoms with Gasteiger partial charge in [-0.3, -0.25) is 10.2 Å². The molecular formula is C21H17Cl2N5O5S. The summed E-state index contributed by atoms with van der Waals surface area (Å²) in [6.45, 7) is 4.96. The molecule has 4 aromatic rings. The molecule has 34 heavy (non-hydrogen) atoms. The molecule has 3 aromatic heterocycles. The molecule has 0 spiro atoms. The van der Waals surface area contributed by atoms with Gasteiger partial charge in [0.15, 0.2) is 5.69 Å². The van der Waals surface area contributed by atoms with E-state index >= 15 is 0 Å². The standard InChI is InChI=1S/C21H17Cl2N5O5S/c1-9-12(18(27-32-9)17-13(22)5-4-6-14(17)23)7-31-21(30)26-25-20(29)19-16(10(2)33-28-19)15-8-34-11(3)24-15/h4-6,8H,7H2,1-3H3,(H,25,29)(H,26,30). The zero-order valence-corrected chi connectivity index (χ0v) is 20.4. The molecule has 0 saturated heterocycles. The van der Waals surface area contributed by atoms with Crippen LogP contribution < -0.4 is 10.9 Å². The quantitative estimate of drug-likeness (QED) is 0.340. The highest BCUT2D eigenvalue weighted by Crippen LogP contribution is 2.37. The minimum absolute atomic E-state index is 0.0198. The zero-order chi connectivity index (χ0) is 24.4. The maximum absolute atomic E-state index is 12.6. The molecule has 0 bridgehead atoms. The Morgan fingerprint density at radius 2 is 1.74 bits per heavy atom. The minimum atomic E-state index is -0.920. The second-order valence-electron chi connectivity index (χ2n) is 7.03. The van der Waals surface area contributed by atoms with E-state index in [2.05, 4.69) is 26.1 Å². The van der Waals surface area contributed by atoms with Crippen LogP contribution in [-0.4, -0.2) is 27.3 Å². The van der Waals surface area contributed by atoms with Crippen LogP contribution >= 0.6 is 34.5 Å². The number of amides is 2. The zero-order valence-electron chi connectivity index (χ0n) is 18.1. The monoisotopic (exact) mass is 521 g/mol. The number of hydrogen-bond acceptors (Lipinski definition) is 9. The average Bonchev–Trinajstić information content (AvgIpc) is 3.49. The molecule has 0 atom stereocenters. The third-order valence-electron chi connectivity index (χ3n) is 4.76. The number of nitrogens with one attached hydrogen (secondary N) is 2. The van der Waals surface area contributed by atoms with Gasteiger partial charge in [0.2, 0.25) is 0 Å². The topological polar surface area (TPSA) is 132 Å². The largest absolute Gasteiger partial charge is 0.443 e. The van der Waals surface area contributed by atoms with Crippen LogP contribution in [0.5, 0.6) is 0 Å². The van der Waals surface area contributed by atoms with Crippen molar-refractivity contribution in [2.75, 3.05) is 0 Å². The molecule has 2 N–H and O–H groups in total. The number of halogens is 2. The number of hydrogen-bond donors (Lipinski definition) is 2. The van der Waals surface area contributed by atoms with Gasteiger partial charge in [0.25, 0.3) is 5.91 Å². The first kappa shape index (κ1) is 23.7. The lowest BCUT2D eigenvalue weighted by atomic mass is 10.1. The van der Waals surface area contributed by atoms with Crippen molar-refractivity contribution in [3.8, 4) is 22.5 Å². The van der Waals surface area contributed by atoms with E-state index in [4.69, 9.17) is 37.0 Å². The van der Waals surface area contributed by atoms with E-state index in [9.17, 15) is 9.59 Å². The van der Waals surface area contributed by atoms with E-state index in [-0.39, 0.29) is 12.3 Å². The van der Waals surface area contributed by atoms with Crippen molar-refractivity contribution in [2.24, 2.45) is 0 Å². The van der Waals surface area contributed by atoms with Crippen molar-refractivity contribution < 1.29 is 23.4 Å². The van der Waals surface area contributed by atoms with Crippen LogP contribution in [0.4, 0.5) is 4.79 Å². The molecule has 0 fully saturated rings. The van der Waals surface area contributed by atoms with Gasteiger partial charge in [-0.25, -0.2) is 15.2 Å². The first-order valence-electron chi connectivity index (χ1n) is 9.77. The maximum atomic E-state index is 12.6. The molecule has 4 rings (SSSR count). The molecule has 0 aliphatic rings. The lowest BCUT2D eigenvalue weighted by Gasteiger charge is -2.09. The summed E-state index contributed by atoms with van der Waals surface area (Å²) in [6.07, 6.45) is -0.920. The predicted molar refractivity (Wildman–Crippen MR) is 125 cm³/mol. The smallest absolute Gasteiger partial charge is 0.426 e. The number of hydrazine groups is 1. The van der Waals surface area contributed by atoms with Crippen molar-refractivity contribution in [1.82, 2.24) is 26.1 Å². The number of rotatable bonds is 5. The van der Waals surface area contributed by atoms with Gasteiger partial charge < -0.3 is 13.8 Å². The molecule has 0 aliphatic carbocycles. The fraction of sp³-hybridized carbons (Fsp3) is 0.190. The van der Waals surface area contributed by atoms with E-state index < -0.39 is 12.0 Å². The molecule has 0 unspecified atom stereocenters. The number of benzene rings is 1. The summed E-state index contributed by atoms with van der Waals surface area (Å²) in [5.74, 6) is 0.148. The number of aromatic nitrogens is 3. The summed E-state index contributed by atoms with van der Waals surface area (Å²) >= 11 is 13.9. The van der Waals surface area contributed by atoms with Crippen LogP contribution in [0.25, 0.3) is 22.5 Å².